The van der Waals surface area contributed by atoms with Gasteiger partial charge in [0.15, 0.2) is 0 Å². The smallest absolute Gasteiger partial charge is 0.267 e. The van der Waals surface area contributed by atoms with Crippen molar-refractivity contribution in [1.29, 1.82) is 0 Å². The van der Waals surface area contributed by atoms with E-state index in [4.69, 9.17) is 5.10 Å². The number of fused-ring (bicyclic) bond motifs is 2. The Morgan fingerprint density at radius 2 is 1.50 bits per heavy atom. The molecule has 0 aliphatic heterocycles. The molecule has 1 saturated carbocycles. The standard InChI is InChI=1S/C22H29N5O/c28-22-14-16-6-2-4-8-20(16)26-27(22)18-11-9-17(10-12-18)23-21-13-15-5-1-3-7-19(15)24-25-21/h13-14,17-18H,1-12H2,(H,23,25). The maximum absolute atomic E-state index is 12.6. The van der Waals surface area contributed by atoms with Gasteiger partial charge in [0.1, 0.15) is 5.82 Å². The highest BCUT2D eigenvalue weighted by molar-refractivity contribution is 5.40. The molecule has 0 saturated heterocycles. The molecule has 0 radical (unpaired) electrons. The first-order chi connectivity index (χ1) is 13.8. The lowest BCUT2D eigenvalue weighted by Gasteiger charge is -2.30. The van der Waals surface area contributed by atoms with Gasteiger partial charge in [0.25, 0.3) is 5.56 Å². The van der Waals surface area contributed by atoms with Crippen LogP contribution in [-0.2, 0) is 25.7 Å². The molecule has 28 heavy (non-hydrogen) atoms. The molecule has 0 spiro atoms. The lowest BCUT2D eigenvalue weighted by Crippen LogP contribution is -2.34. The van der Waals surface area contributed by atoms with Gasteiger partial charge in [-0.1, -0.05) is 0 Å². The zero-order chi connectivity index (χ0) is 18.9. The third-order valence-electron chi connectivity index (χ3n) is 6.70. The average Bonchev–Trinajstić information content (AvgIpc) is 2.74. The van der Waals surface area contributed by atoms with Crippen LogP contribution in [0.4, 0.5) is 5.82 Å². The van der Waals surface area contributed by atoms with Crippen LogP contribution in [0.2, 0.25) is 0 Å². The van der Waals surface area contributed by atoms with Gasteiger partial charge in [0, 0.05) is 12.1 Å². The Labute approximate surface area is 165 Å². The molecule has 0 atom stereocenters. The van der Waals surface area contributed by atoms with Crippen LogP contribution in [0, 0.1) is 0 Å². The molecular formula is C22H29N5O. The molecule has 148 valence electrons. The van der Waals surface area contributed by atoms with Crippen LogP contribution >= 0.6 is 0 Å². The molecule has 2 aromatic heterocycles. The summed E-state index contributed by atoms with van der Waals surface area (Å²) in [6, 6.07) is 4.67. The minimum Gasteiger partial charge on any atom is -0.366 e. The van der Waals surface area contributed by atoms with Crippen molar-refractivity contribution in [2.24, 2.45) is 0 Å². The second kappa shape index (κ2) is 7.64. The number of aryl methyl sites for hydroxylation is 4. The molecular weight excluding hydrogens is 350 g/mol. The van der Waals surface area contributed by atoms with Crippen molar-refractivity contribution in [3.8, 4) is 0 Å². The minimum atomic E-state index is 0.0811. The maximum Gasteiger partial charge on any atom is 0.267 e. The topological polar surface area (TPSA) is 72.7 Å². The fraction of sp³-hybridized carbons (Fsp3) is 0.636. The van der Waals surface area contributed by atoms with E-state index in [2.05, 4.69) is 21.6 Å². The molecule has 2 heterocycles. The van der Waals surface area contributed by atoms with E-state index < -0.39 is 0 Å². The van der Waals surface area contributed by atoms with Crippen LogP contribution in [0.5, 0.6) is 0 Å². The summed E-state index contributed by atoms with van der Waals surface area (Å²) in [5.74, 6) is 0.910. The van der Waals surface area contributed by atoms with E-state index in [0.29, 0.717) is 6.04 Å². The van der Waals surface area contributed by atoms with E-state index in [-0.39, 0.29) is 11.6 Å². The molecule has 6 heteroatoms. The van der Waals surface area contributed by atoms with E-state index >= 15 is 0 Å². The van der Waals surface area contributed by atoms with Crippen molar-refractivity contribution in [3.05, 3.63) is 45.0 Å². The minimum absolute atomic E-state index is 0.0811. The molecule has 0 amide bonds. The predicted octanol–water partition coefficient (Wildman–Crippen LogP) is 3.39. The van der Waals surface area contributed by atoms with Gasteiger partial charge in [-0.05, 0) is 94.2 Å². The Morgan fingerprint density at radius 3 is 2.29 bits per heavy atom. The molecule has 1 fully saturated rings. The van der Waals surface area contributed by atoms with Crippen LogP contribution in [-0.4, -0.2) is 26.0 Å². The highest BCUT2D eigenvalue weighted by Gasteiger charge is 2.25. The number of nitrogens with one attached hydrogen (secondary N) is 1. The number of rotatable bonds is 3. The highest BCUT2D eigenvalue weighted by Crippen LogP contribution is 2.30. The molecule has 0 unspecified atom stereocenters. The molecule has 0 bridgehead atoms. The van der Waals surface area contributed by atoms with E-state index in [0.717, 1.165) is 62.9 Å². The van der Waals surface area contributed by atoms with E-state index in [9.17, 15) is 4.79 Å². The Hall–Kier alpha value is -2.24. The Morgan fingerprint density at radius 1 is 0.821 bits per heavy atom. The highest BCUT2D eigenvalue weighted by atomic mass is 16.1. The fourth-order valence-electron chi connectivity index (χ4n) is 5.07. The summed E-state index contributed by atoms with van der Waals surface area (Å²) in [4.78, 5) is 12.6. The molecule has 6 nitrogen and oxygen atoms in total. The monoisotopic (exact) mass is 379 g/mol. The van der Waals surface area contributed by atoms with Crippen molar-refractivity contribution in [2.45, 2.75) is 89.1 Å². The Balaban J connectivity index is 1.24. The summed E-state index contributed by atoms with van der Waals surface area (Å²) in [6.07, 6.45) is 13.1. The normalized spacial score (nSPS) is 24.3. The van der Waals surface area contributed by atoms with E-state index in [1.165, 1.54) is 42.5 Å². The van der Waals surface area contributed by atoms with Crippen molar-refractivity contribution in [2.75, 3.05) is 5.32 Å². The number of hydrogen-bond donors (Lipinski definition) is 1. The molecule has 0 aromatic carbocycles. The molecule has 2 aromatic rings. The van der Waals surface area contributed by atoms with Gasteiger partial charge in [-0.15, -0.1) is 5.10 Å². The van der Waals surface area contributed by atoms with Gasteiger partial charge in [-0.2, -0.15) is 10.2 Å². The van der Waals surface area contributed by atoms with Gasteiger partial charge in [0.05, 0.1) is 17.4 Å². The third kappa shape index (κ3) is 3.56. The van der Waals surface area contributed by atoms with Crippen molar-refractivity contribution < 1.29 is 0 Å². The fourth-order valence-corrected chi connectivity index (χ4v) is 5.07. The number of aromatic nitrogens is 4. The van der Waals surface area contributed by atoms with Crippen LogP contribution in [0.15, 0.2) is 16.9 Å². The maximum atomic E-state index is 12.6. The summed E-state index contributed by atoms with van der Waals surface area (Å²) in [5.41, 5.74) is 4.95. The molecule has 3 aliphatic carbocycles. The first-order valence-corrected chi connectivity index (χ1v) is 11.0. The Kier molecular flexibility index (Phi) is 4.87. The van der Waals surface area contributed by atoms with Crippen molar-refractivity contribution in [1.82, 2.24) is 20.0 Å². The quantitative estimate of drug-likeness (QED) is 0.885. The summed E-state index contributed by atoms with van der Waals surface area (Å²) in [5, 5.41) is 17.2. The predicted molar refractivity (Wildman–Crippen MR) is 109 cm³/mol. The lowest BCUT2D eigenvalue weighted by atomic mass is 9.90. The summed E-state index contributed by atoms with van der Waals surface area (Å²) >= 11 is 0. The zero-order valence-corrected chi connectivity index (χ0v) is 16.5. The van der Waals surface area contributed by atoms with Gasteiger partial charge < -0.3 is 5.32 Å². The summed E-state index contributed by atoms with van der Waals surface area (Å²) in [6.45, 7) is 0. The number of anilines is 1. The van der Waals surface area contributed by atoms with Gasteiger partial charge >= 0.3 is 0 Å². The van der Waals surface area contributed by atoms with Crippen molar-refractivity contribution >= 4 is 5.82 Å². The Bertz CT molecular complexity index is 914. The molecule has 3 aliphatic rings. The second-order valence-corrected chi connectivity index (χ2v) is 8.66. The number of nitrogens with zero attached hydrogens (tertiary/aromatic N) is 4. The van der Waals surface area contributed by atoms with E-state index in [1.807, 2.05) is 6.07 Å². The second-order valence-electron chi connectivity index (χ2n) is 8.66. The first-order valence-electron chi connectivity index (χ1n) is 11.0. The molecule has 5 rings (SSSR count). The van der Waals surface area contributed by atoms with Crippen molar-refractivity contribution in [3.63, 3.8) is 0 Å². The van der Waals surface area contributed by atoms with Crippen LogP contribution < -0.4 is 10.9 Å². The number of hydrogen-bond acceptors (Lipinski definition) is 5. The van der Waals surface area contributed by atoms with Gasteiger partial charge in [0.2, 0.25) is 0 Å². The summed E-state index contributed by atoms with van der Waals surface area (Å²) < 4.78 is 1.78. The van der Waals surface area contributed by atoms with E-state index in [1.54, 1.807) is 4.68 Å². The van der Waals surface area contributed by atoms with Crippen LogP contribution in [0.25, 0.3) is 0 Å². The SMILES string of the molecule is O=c1cc2c(nn1C1CCC(Nc3cc4c(nn3)CCCC4)CC1)CCCC2. The van der Waals surface area contributed by atoms with Gasteiger partial charge in [-0.25, -0.2) is 4.68 Å². The first kappa shape index (κ1) is 17.8. The largest absolute Gasteiger partial charge is 0.366 e. The van der Waals surface area contributed by atoms with Gasteiger partial charge in [-0.3, -0.25) is 4.79 Å². The van der Waals surface area contributed by atoms with Crippen LogP contribution in [0.3, 0.4) is 0 Å². The summed E-state index contributed by atoms with van der Waals surface area (Å²) in [7, 11) is 0. The average molecular weight is 380 g/mol. The van der Waals surface area contributed by atoms with Crippen LogP contribution in [0.1, 0.15) is 79.9 Å². The lowest BCUT2D eigenvalue weighted by molar-refractivity contribution is 0.300. The zero-order valence-electron chi connectivity index (χ0n) is 16.5. The molecule has 1 N–H and O–H groups in total. The third-order valence-corrected chi connectivity index (χ3v) is 6.70.